The minimum absolute atomic E-state index is 1.29. The van der Waals surface area contributed by atoms with Gasteiger partial charge < -0.3 is 0 Å². The van der Waals surface area contributed by atoms with Crippen LogP contribution in [0.4, 0.5) is 0 Å². The molecule has 4 aromatic carbocycles. The maximum Gasteiger partial charge on any atom is 0.0203 e. The summed E-state index contributed by atoms with van der Waals surface area (Å²) in [5.41, 5.74) is 10.4. The molecule has 144 valence electrons. The van der Waals surface area contributed by atoms with Crippen LogP contribution in [-0.2, 0) is 0 Å². The molecule has 0 unspecified atom stereocenters. The van der Waals surface area contributed by atoms with Crippen molar-refractivity contribution >= 4 is 11.8 Å². The van der Waals surface area contributed by atoms with Crippen LogP contribution in [0.2, 0.25) is 0 Å². The molecule has 29 heavy (non-hydrogen) atoms. The molecule has 0 spiro atoms. The highest BCUT2D eigenvalue weighted by atomic mass is 32.2. The van der Waals surface area contributed by atoms with Gasteiger partial charge in [0.1, 0.15) is 0 Å². The standard InChI is InChI=1S/C28H26S/c1-19-13-15-25(23-11-7-5-9-21(23)3)27(17-19)29-28-18-20(2)14-16-26(28)24-12-8-6-10-22(24)4/h5-18H,1-4H3. The quantitative estimate of drug-likeness (QED) is 0.335. The van der Waals surface area contributed by atoms with Crippen molar-refractivity contribution in [3.63, 3.8) is 0 Å². The maximum atomic E-state index is 2.32. The van der Waals surface area contributed by atoms with Gasteiger partial charge >= 0.3 is 0 Å². The van der Waals surface area contributed by atoms with Crippen LogP contribution in [0.1, 0.15) is 22.3 Å². The lowest BCUT2D eigenvalue weighted by Gasteiger charge is -2.16. The Morgan fingerprint density at radius 1 is 0.448 bits per heavy atom. The van der Waals surface area contributed by atoms with Gasteiger partial charge in [0.25, 0.3) is 0 Å². The summed E-state index contributed by atoms with van der Waals surface area (Å²) in [6.45, 7) is 8.72. The van der Waals surface area contributed by atoms with E-state index in [9.17, 15) is 0 Å². The van der Waals surface area contributed by atoms with Crippen molar-refractivity contribution in [3.8, 4) is 22.3 Å². The molecule has 0 heterocycles. The fourth-order valence-corrected chi connectivity index (χ4v) is 5.04. The van der Waals surface area contributed by atoms with Gasteiger partial charge in [-0.25, -0.2) is 0 Å². The average molecular weight is 395 g/mol. The first-order valence-electron chi connectivity index (χ1n) is 10.0. The smallest absolute Gasteiger partial charge is 0.0203 e. The van der Waals surface area contributed by atoms with E-state index in [1.165, 1.54) is 54.3 Å². The molecular formula is C28H26S. The summed E-state index contributed by atoms with van der Waals surface area (Å²) in [7, 11) is 0. The van der Waals surface area contributed by atoms with E-state index in [2.05, 4.69) is 113 Å². The monoisotopic (exact) mass is 394 g/mol. The zero-order valence-electron chi connectivity index (χ0n) is 17.5. The lowest BCUT2D eigenvalue weighted by molar-refractivity contribution is 1.31. The highest BCUT2D eigenvalue weighted by Gasteiger charge is 2.14. The second-order valence-electron chi connectivity index (χ2n) is 7.73. The highest BCUT2D eigenvalue weighted by Crippen LogP contribution is 2.42. The Morgan fingerprint density at radius 2 is 0.862 bits per heavy atom. The highest BCUT2D eigenvalue weighted by molar-refractivity contribution is 7.99. The van der Waals surface area contributed by atoms with Gasteiger partial charge in [0.2, 0.25) is 0 Å². The van der Waals surface area contributed by atoms with Crippen molar-refractivity contribution < 1.29 is 0 Å². The zero-order chi connectivity index (χ0) is 20.4. The third-order valence-electron chi connectivity index (χ3n) is 5.36. The third kappa shape index (κ3) is 4.16. The summed E-state index contributed by atoms with van der Waals surface area (Å²) in [6.07, 6.45) is 0. The molecule has 0 aromatic heterocycles. The molecule has 4 rings (SSSR count). The van der Waals surface area contributed by atoms with Crippen LogP contribution in [0.15, 0.2) is 94.7 Å². The van der Waals surface area contributed by atoms with Gasteiger partial charge in [-0.3, -0.25) is 0 Å². The zero-order valence-corrected chi connectivity index (χ0v) is 18.3. The van der Waals surface area contributed by atoms with Gasteiger partial charge in [0, 0.05) is 9.79 Å². The first kappa shape index (κ1) is 19.5. The van der Waals surface area contributed by atoms with Crippen molar-refractivity contribution in [3.05, 3.63) is 107 Å². The molecule has 0 fully saturated rings. The Labute approximate surface area is 178 Å². The molecule has 0 radical (unpaired) electrons. The Balaban J connectivity index is 1.86. The van der Waals surface area contributed by atoms with Crippen molar-refractivity contribution in [2.75, 3.05) is 0 Å². The van der Waals surface area contributed by atoms with Crippen molar-refractivity contribution in [1.29, 1.82) is 0 Å². The van der Waals surface area contributed by atoms with E-state index in [4.69, 9.17) is 0 Å². The molecule has 0 saturated carbocycles. The molecule has 0 bridgehead atoms. The van der Waals surface area contributed by atoms with E-state index in [0.29, 0.717) is 0 Å². The lowest BCUT2D eigenvalue weighted by Crippen LogP contribution is -1.90. The molecule has 0 amide bonds. The summed E-state index contributed by atoms with van der Waals surface area (Å²) in [6, 6.07) is 30.9. The molecule has 4 aromatic rings. The Kier molecular flexibility index (Phi) is 5.60. The van der Waals surface area contributed by atoms with Crippen molar-refractivity contribution in [2.24, 2.45) is 0 Å². The van der Waals surface area contributed by atoms with E-state index in [1.54, 1.807) is 0 Å². The van der Waals surface area contributed by atoms with E-state index in [0.717, 1.165) is 0 Å². The number of aryl methyl sites for hydroxylation is 4. The molecular weight excluding hydrogens is 368 g/mol. The van der Waals surface area contributed by atoms with E-state index < -0.39 is 0 Å². The fraction of sp³-hybridized carbons (Fsp3) is 0.143. The van der Waals surface area contributed by atoms with Crippen LogP contribution in [-0.4, -0.2) is 0 Å². The van der Waals surface area contributed by atoms with Crippen LogP contribution in [0.25, 0.3) is 22.3 Å². The number of rotatable bonds is 4. The molecule has 0 aliphatic rings. The Morgan fingerprint density at radius 3 is 1.28 bits per heavy atom. The summed E-state index contributed by atoms with van der Waals surface area (Å²) in [5, 5.41) is 0. The summed E-state index contributed by atoms with van der Waals surface area (Å²) in [4.78, 5) is 2.61. The largest absolute Gasteiger partial charge is 0.0888 e. The predicted molar refractivity (Wildman–Crippen MR) is 127 cm³/mol. The van der Waals surface area contributed by atoms with Crippen LogP contribution >= 0.6 is 11.8 Å². The summed E-state index contributed by atoms with van der Waals surface area (Å²) >= 11 is 1.88. The molecule has 0 nitrogen and oxygen atoms in total. The number of hydrogen-bond donors (Lipinski definition) is 0. The average Bonchev–Trinajstić information content (AvgIpc) is 2.70. The first-order chi connectivity index (χ1) is 14.0. The molecule has 0 aliphatic heterocycles. The van der Waals surface area contributed by atoms with Crippen molar-refractivity contribution in [1.82, 2.24) is 0 Å². The minimum Gasteiger partial charge on any atom is -0.0888 e. The van der Waals surface area contributed by atoms with Gasteiger partial charge in [-0.05, 0) is 84.3 Å². The van der Waals surface area contributed by atoms with E-state index in [-0.39, 0.29) is 0 Å². The first-order valence-corrected chi connectivity index (χ1v) is 10.9. The van der Waals surface area contributed by atoms with Gasteiger partial charge in [0.15, 0.2) is 0 Å². The number of benzene rings is 4. The van der Waals surface area contributed by atoms with Gasteiger partial charge in [-0.15, -0.1) is 0 Å². The second kappa shape index (κ2) is 8.31. The molecule has 0 atom stereocenters. The molecule has 0 aliphatic carbocycles. The van der Waals surface area contributed by atoms with E-state index in [1.807, 2.05) is 11.8 Å². The van der Waals surface area contributed by atoms with E-state index >= 15 is 0 Å². The fourth-order valence-electron chi connectivity index (χ4n) is 3.74. The molecule has 0 N–H and O–H groups in total. The summed E-state index contributed by atoms with van der Waals surface area (Å²) in [5.74, 6) is 0. The van der Waals surface area contributed by atoms with Gasteiger partial charge in [0.05, 0.1) is 0 Å². The molecule has 0 saturated heterocycles. The normalized spacial score (nSPS) is 10.9. The molecule has 1 heteroatoms. The predicted octanol–water partition coefficient (Wildman–Crippen LogP) is 8.41. The lowest BCUT2D eigenvalue weighted by atomic mass is 9.99. The SMILES string of the molecule is Cc1ccc(-c2ccccc2C)c(Sc2cc(C)ccc2-c2ccccc2C)c1. The Hall–Kier alpha value is -2.77. The van der Waals surface area contributed by atoms with Crippen LogP contribution in [0.5, 0.6) is 0 Å². The minimum atomic E-state index is 1.29. The van der Waals surface area contributed by atoms with Gasteiger partial charge in [-0.1, -0.05) is 84.6 Å². The second-order valence-corrected chi connectivity index (χ2v) is 8.81. The topological polar surface area (TPSA) is 0 Å². The van der Waals surface area contributed by atoms with Gasteiger partial charge in [-0.2, -0.15) is 0 Å². The van der Waals surface area contributed by atoms with Crippen molar-refractivity contribution in [2.45, 2.75) is 37.5 Å². The van der Waals surface area contributed by atoms with Crippen LogP contribution < -0.4 is 0 Å². The summed E-state index contributed by atoms with van der Waals surface area (Å²) < 4.78 is 0. The Bertz CT molecular complexity index is 1080. The van der Waals surface area contributed by atoms with Crippen LogP contribution in [0, 0.1) is 27.7 Å². The maximum absolute atomic E-state index is 2.32. The van der Waals surface area contributed by atoms with Crippen LogP contribution in [0.3, 0.4) is 0 Å². The third-order valence-corrected chi connectivity index (χ3v) is 6.48. The number of hydrogen-bond acceptors (Lipinski definition) is 1.